The highest BCUT2D eigenvalue weighted by molar-refractivity contribution is 6.06. The van der Waals surface area contributed by atoms with Crippen LogP contribution in [-0.2, 0) is 13.6 Å². The number of rotatable bonds is 5. The molecule has 1 amide bonds. The molecule has 0 aliphatic heterocycles. The Hall–Kier alpha value is -3.67. The molecule has 6 heteroatoms. The van der Waals surface area contributed by atoms with Crippen LogP contribution in [-0.4, -0.2) is 26.8 Å². The normalized spacial score (nSPS) is 10.9. The Morgan fingerprint density at radius 2 is 1.68 bits per heavy atom. The molecule has 1 aromatic heterocycles. The van der Waals surface area contributed by atoms with E-state index in [1.54, 1.807) is 13.1 Å². The number of amides is 1. The third-order valence-corrected chi connectivity index (χ3v) is 4.72. The van der Waals surface area contributed by atoms with Crippen molar-refractivity contribution in [3.05, 3.63) is 88.8 Å². The van der Waals surface area contributed by atoms with Crippen LogP contribution in [0.25, 0.3) is 22.2 Å². The maximum absolute atomic E-state index is 12.6. The highest BCUT2D eigenvalue weighted by Gasteiger charge is 2.13. The summed E-state index contributed by atoms with van der Waals surface area (Å²) in [4.78, 5) is 25.0. The fraction of sp³-hybridized carbons (Fsp3) is 0.136. The second-order valence-corrected chi connectivity index (χ2v) is 6.54. The molecule has 0 atom stereocenters. The van der Waals surface area contributed by atoms with Crippen molar-refractivity contribution in [1.82, 2.24) is 19.7 Å². The van der Waals surface area contributed by atoms with Gasteiger partial charge in [0.25, 0.3) is 5.91 Å². The molecular formula is C22H20N4O2. The molecule has 4 aromatic rings. The number of fused-ring (bicyclic) bond motifs is 1. The van der Waals surface area contributed by atoms with E-state index in [1.807, 2.05) is 66.7 Å². The summed E-state index contributed by atoms with van der Waals surface area (Å²) in [6.07, 6.45) is 0. The number of nitrogens with zero attached hydrogens (tertiary/aromatic N) is 3. The fourth-order valence-corrected chi connectivity index (χ4v) is 3.27. The van der Waals surface area contributed by atoms with Gasteiger partial charge < -0.3 is 5.32 Å². The van der Waals surface area contributed by atoms with Gasteiger partial charge in [0.2, 0.25) is 0 Å². The van der Waals surface area contributed by atoms with Crippen molar-refractivity contribution in [3.63, 3.8) is 0 Å². The largest absolute Gasteiger partial charge is 0.350 e. The topological polar surface area (TPSA) is 68.9 Å². The first kappa shape index (κ1) is 17.7. The molecule has 0 saturated heterocycles. The van der Waals surface area contributed by atoms with Gasteiger partial charge in [-0.05, 0) is 16.8 Å². The van der Waals surface area contributed by atoms with Crippen LogP contribution in [0.3, 0.4) is 0 Å². The molecule has 0 spiro atoms. The van der Waals surface area contributed by atoms with Gasteiger partial charge in [-0.3, -0.25) is 9.36 Å². The van der Waals surface area contributed by atoms with E-state index in [4.69, 9.17) is 0 Å². The summed E-state index contributed by atoms with van der Waals surface area (Å²) in [6.45, 7) is 0.614. The van der Waals surface area contributed by atoms with E-state index in [-0.39, 0.29) is 11.6 Å². The first-order valence-corrected chi connectivity index (χ1v) is 9.10. The third kappa shape index (κ3) is 3.32. The van der Waals surface area contributed by atoms with Crippen LogP contribution in [0.1, 0.15) is 10.4 Å². The number of benzene rings is 3. The van der Waals surface area contributed by atoms with E-state index in [0.29, 0.717) is 24.5 Å². The zero-order valence-electron chi connectivity index (χ0n) is 15.5. The van der Waals surface area contributed by atoms with Crippen molar-refractivity contribution in [2.24, 2.45) is 7.05 Å². The second kappa shape index (κ2) is 7.52. The van der Waals surface area contributed by atoms with E-state index in [1.165, 1.54) is 9.25 Å². The molecule has 0 aliphatic rings. The van der Waals surface area contributed by atoms with Crippen molar-refractivity contribution in [1.29, 1.82) is 0 Å². The molecule has 3 aromatic carbocycles. The van der Waals surface area contributed by atoms with E-state index in [2.05, 4.69) is 10.4 Å². The summed E-state index contributed by atoms with van der Waals surface area (Å²) >= 11 is 0. The molecule has 0 aliphatic carbocycles. The van der Waals surface area contributed by atoms with Crippen LogP contribution in [0.15, 0.2) is 77.6 Å². The van der Waals surface area contributed by atoms with E-state index < -0.39 is 0 Å². The van der Waals surface area contributed by atoms with Crippen LogP contribution in [0, 0.1) is 0 Å². The van der Waals surface area contributed by atoms with E-state index in [9.17, 15) is 9.59 Å². The minimum atomic E-state index is -0.210. The molecule has 1 N–H and O–H groups in total. The lowest BCUT2D eigenvalue weighted by molar-refractivity contribution is 0.0953. The predicted molar refractivity (Wildman–Crippen MR) is 109 cm³/mol. The quantitative estimate of drug-likeness (QED) is 0.586. The zero-order chi connectivity index (χ0) is 19.5. The molecule has 0 radical (unpaired) electrons. The van der Waals surface area contributed by atoms with Crippen molar-refractivity contribution < 1.29 is 4.79 Å². The first-order chi connectivity index (χ1) is 13.6. The summed E-state index contributed by atoms with van der Waals surface area (Å²) < 4.78 is 2.90. The molecule has 4 rings (SSSR count). The number of nitrogens with one attached hydrogen (secondary N) is 1. The smallest absolute Gasteiger partial charge is 0.345 e. The SMILES string of the molecule is Cn1c(-c2ccccc2)nn(CCNC(=O)c2cccc3ccccc23)c1=O. The average molecular weight is 372 g/mol. The van der Waals surface area contributed by atoms with Crippen LogP contribution in [0.2, 0.25) is 0 Å². The standard InChI is InChI=1S/C22H20N4O2/c1-25-20(17-9-3-2-4-10-17)24-26(22(25)28)15-14-23-21(27)19-13-7-11-16-8-5-6-12-18(16)19/h2-13H,14-15H2,1H3,(H,23,27). The average Bonchev–Trinajstić information content (AvgIpc) is 3.02. The molecular weight excluding hydrogens is 352 g/mol. The highest BCUT2D eigenvalue weighted by Crippen LogP contribution is 2.18. The number of carbonyl (C=O) groups is 1. The van der Waals surface area contributed by atoms with Gasteiger partial charge in [-0.2, -0.15) is 0 Å². The summed E-state index contributed by atoms with van der Waals surface area (Å²) in [5.74, 6) is 0.440. The maximum Gasteiger partial charge on any atom is 0.345 e. The highest BCUT2D eigenvalue weighted by atomic mass is 16.2. The lowest BCUT2D eigenvalue weighted by Crippen LogP contribution is -2.31. The summed E-state index contributed by atoms with van der Waals surface area (Å²) in [6, 6.07) is 23.0. The maximum atomic E-state index is 12.6. The monoisotopic (exact) mass is 372 g/mol. The van der Waals surface area contributed by atoms with E-state index in [0.717, 1.165) is 16.3 Å². The van der Waals surface area contributed by atoms with Gasteiger partial charge in [0, 0.05) is 24.7 Å². The van der Waals surface area contributed by atoms with E-state index >= 15 is 0 Å². The van der Waals surface area contributed by atoms with Crippen LogP contribution >= 0.6 is 0 Å². The third-order valence-electron chi connectivity index (χ3n) is 4.72. The lowest BCUT2D eigenvalue weighted by Gasteiger charge is -2.08. The fourth-order valence-electron chi connectivity index (χ4n) is 3.27. The molecule has 0 saturated carbocycles. The number of carbonyl (C=O) groups excluding carboxylic acids is 1. The molecule has 1 heterocycles. The van der Waals surface area contributed by atoms with Gasteiger partial charge in [-0.1, -0.05) is 66.7 Å². The second-order valence-electron chi connectivity index (χ2n) is 6.54. The molecule has 28 heavy (non-hydrogen) atoms. The van der Waals surface area contributed by atoms with Crippen molar-refractivity contribution >= 4 is 16.7 Å². The molecule has 0 bridgehead atoms. The van der Waals surface area contributed by atoms with Crippen molar-refractivity contribution in [2.75, 3.05) is 6.54 Å². The zero-order valence-corrected chi connectivity index (χ0v) is 15.5. The van der Waals surface area contributed by atoms with Crippen LogP contribution < -0.4 is 11.0 Å². The van der Waals surface area contributed by atoms with Crippen LogP contribution in [0.5, 0.6) is 0 Å². The number of aromatic nitrogens is 3. The summed E-state index contributed by atoms with van der Waals surface area (Å²) in [7, 11) is 1.70. The Kier molecular flexibility index (Phi) is 4.76. The molecule has 140 valence electrons. The van der Waals surface area contributed by atoms with Gasteiger partial charge in [0.1, 0.15) is 0 Å². The van der Waals surface area contributed by atoms with Gasteiger partial charge >= 0.3 is 5.69 Å². The van der Waals surface area contributed by atoms with Gasteiger partial charge in [-0.25, -0.2) is 9.48 Å². The Labute approximate surface area is 162 Å². The number of hydrogen-bond acceptors (Lipinski definition) is 3. The Morgan fingerprint density at radius 3 is 2.50 bits per heavy atom. The first-order valence-electron chi connectivity index (χ1n) is 9.10. The van der Waals surface area contributed by atoms with Crippen molar-refractivity contribution in [3.8, 4) is 11.4 Å². The Balaban J connectivity index is 1.48. The minimum absolute atomic E-state index is 0.163. The molecule has 0 fully saturated rings. The summed E-state index contributed by atoms with van der Waals surface area (Å²) in [5, 5.41) is 9.23. The van der Waals surface area contributed by atoms with Gasteiger partial charge in [-0.15, -0.1) is 5.10 Å². The van der Waals surface area contributed by atoms with Crippen LogP contribution in [0.4, 0.5) is 0 Å². The number of hydrogen-bond donors (Lipinski definition) is 1. The summed E-state index contributed by atoms with van der Waals surface area (Å²) in [5.41, 5.74) is 1.29. The molecule has 6 nitrogen and oxygen atoms in total. The van der Waals surface area contributed by atoms with Gasteiger partial charge in [0.05, 0.1) is 6.54 Å². The Morgan fingerprint density at radius 1 is 0.964 bits per heavy atom. The van der Waals surface area contributed by atoms with Crippen molar-refractivity contribution in [2.45, 2.75) is 6.54 Å². The molecule has 0 unspecified atom stereocenters. The van der Waals surface area contributed by atoms with Gasteiger partial charge in [0.15, 0.2) is 5.82 Å². The predicted octanol–water partition coefficient (Wildman–Crippen LogP) is 2.83. The Bertz CT molecular complexity index is 1190. The minimum Gasteiger partial charge on any atom is -0.350 e. The lowest BCUT2D eigenvalue weighted by atomic mass is 10.0.